The van der Waals surface area contributed by atoms with Crippen LogP contribution in [0.5, 0.6) is 0 Å². The second-order valence-corrected chi connectivity index (χ2v) is 10.8. The largest absolute Gasteiger partial charge is 0.421 e. The topological polar surface area (TPSA) is 96.6 Å². The van der Waals surface area contributed by atoms with E-state index in [9.17, 15) is 13.2 Å². The number of hydrogen-bond donors (Lipinski definition) is 0. The fourth-order valence-electron chi connectivity index (χ4n) is 4.26. The predicted molar refractivity (Wildman–Crippen MR) is 121 cm³/mol. The molecule has 1 saturated heterocycles. The van der Waals surface area contributed by atoms with Crippen molar-refractivity contribution in [2.75, 3.05) is 24.5 Å². The number of aromatic nitrogens is 2. The lowest BCUT2D eigenvalue weighted by molar-refractivity contribution is -0.118. The number of benzene rings is 1. The lowest BCUT2D eigenvalue weighted by Crippen LogP contribution is -2.35. The SMILES string of the molecule is O=C(CCc1nnc(-c2ccsc2)o1)N1CCc2cc(S(=O)(=O)N3CCCCC3)ccc21. The maximum atomic E-state index is 13.0. The van der Waals surface area contributed by atoms with Gasteiger partial charge in [-0.05, 0) is 54.5 Å². The minimum Gasteiger partial charge on any atom is -0.421 e. The minimum atomic E-state index is -3.48. The summed E-state index contributed by atoms with van der Waals surface area (Å²) < 4.78 is 33.2. The number of fused-ring (bicyclic) bond motifs is 1. The lowest BCUT2D eigenvalue weighted by atomic mass is 10.2. The van der Waals surface area contributed by atoms with Gasteiger partial charge in [0.2, 0.25) is 27.7 Å². The van der Waals surface area contributed by atoms with Gasteiger partial charge in [-0.3, -0.25) is 4.79 Å². The highest BCUT2D eigenvalue weighted by Gasteiger charge is 2.30. The van der Waals surface area contributed by atoms with Gasteiger partial charge < -0.3 is 9.32 Å². The van der Waals surface area contributed by atoms with Crippen LogP contribution in [-0.2, 0) is 27.7 Å². The fraction of sp³-hybridized carbons (Fsp3) is 0.409. The van der Waals surface area contributed by atoms with Crippen molar-refractivity contribution < 1.29 is 17.6 Å². The number of carbonyl (C=O) groups is 1. The molecule has 0 saturated carbocycles. The summed E-state index contributed by atoms with van der Waals surface area (Å²) in [6, 6.07) is 7.03. The Hall–Kier alpha value is -2.56. The van der Waals surface area contributed by atoms with Crippen molar-refractivity contribution in [2.24, 2.45) is 0 Å². The van der Waals surface area contributed by atoms with E-state index in [1.165, 1.54) is 0 Å². The molecular formula is C22H24N4O4S2. The van der Waals surface area contributed by atoms with Crippen LogP contribution in [0.3, 0.4) is 0 Å². The van der Waals surface area contributed by atoms with Gasteiger partial charge in [0, 0.05) is 49.1 Å². The number of hydrogen-bond acceptors (Lipinski definition) is 7. The number of thiophene rings is 1. The first kappa shape index (κ1) is 21.3. The van der Waals surface area contributed by atoms with Crippen molar-refractivity contribution in [3.8, 4) is 11.5 Å². The molecule has 0 aliphatic carbocycles. The van der Waals surface area contributed by atoms with Crippen molar-refractivity contribution in [3.63, 3.8) is 0 Å². The van der Waals surface area contributed by atoms with Crippen molar-refractivity contribution in [2.45, 2.75) is 43.4 Å². The number of anilines is 1. The Morgan fingerprint density at radius 2 is 1.94 bits per heavy atom. The molecule has 2 aromatic heterocycles. The van der Waals surface area contributed by atoms with E-state index >= 15 is 0 Å². The van der Waals surface area contributed by atoms with Gasteiger partial charge >= 0.3 is 0 Å². The molecule has 4 heterocycles. The third-order valence-electron chi connectivity index (χ3n) is 5.99. The summed E-state index contributed by atoms with van der Waals surface area (Å²) in [6.07, 6.45) is 4.14. The Kier molecular flexibility index (Phi) is 5.83. The van der Waals surface area contributed by atoms with Gasteiger partial charge in [0.25, 0.3) is 0 Å². The average molecular weight is 473 g/mol. The van der Waals surface area contributed by atoms with E-state index in [0.717, 1.165) is 36.1 Å². The van der Waals surface area contributed by atoms with Gasteiger partial charge in [-0.2, -0.15) is 15.6 Å². The van der Waals surface area contributed by atoms with E-state index in [4.69, 9.17) is 4.42 Å². The van der Waals surface area contributed by atoms with Crippen LogP contribution in [0.2, 0.25) is 0 Å². The van der Waals surface area contributed by atoms with Crippen LogP contribution >= 0.6 is 11.3 Å². The first-order valence-electron chi connectivity index (χ1n) is 10.8. The zero-order valence-corrected chi connectivity index (χ0v) is 19.2. The van der Waals surface area contributed by atoms with Crippen molar-refractivity contribution >= 4 is 33.0 Å². The molecular weight excluding hydrogens is 448 g/mol. The van der Waals surface area contributed by atoms with Gasteiger partial charge in [0.05, 0.1) is 4.90 Å². The second-order valence-electron chi connectivity index (χ2n) is 8.06. The molecule has 2 aliphatic heterocycles. The van der Waals surface area contributed by atoms with Crippen LogP contribution < -0.4 is 4.90 Å². The Morgan fingerprint density at radius 3 is 2.72 bits per heavy atom. The Balaban J connectivity index is 1.25. The summed E-state index contributed by atoms with van der Waals surface area (Å²) in [7, 11) is -3.48. The van der Waals surface area contributed by atoms with Gasteiger partial charge in [0.1, 0.15) is 0 Å². The van der Waals surface area contributed by atoms with Gasteiger partial charge in [-0.15, -0.1) is 10.2 Å². The summed E-state index contributed by atoms with van der Waals surface area (Å²) in [5, 5.41) is 12.0. The summed E-state index contributed by atoms with van der Waals surface area (Å²) in [4.78, 5) is 14.9. The first-order chi connectivity index (χ1) is 15.5. The van der Waals surface area contributed by atoms with E-state index in [1.807, 2.05) is 16.8 Å². The van der Waals surface area contributed by atoms with Crippen LogP contribution in [0.25, 0.3) is 11.5 Å². The molecule has 0 radical (unpaired) electrons. The van der Waals surface area contributed by atoms with E-state index in [1.54, 1.807) is 38.7 Å². The molecule has 5 rings (SSSR count). The monoisotopic (exact) mass is 472 g/mol. The maximum Gasteiger partial charge on any atom is 0.248 e. The smallest absolute Gasteiger partial charge is 0.248 e. The second kappa shape index (κ2) is 8.76. The van der Waals surface area contributed by atoms with Crippen molar-refractivity contribution in [1.82, 2.24) is 14.5 Å². The lowest BCUT2D eigenvalue weighted by Gasteiger charge is -2.26. The summed E-state index contributed by atoms with van der Waals surface area (Å²) >= 11 is 1.55. The van der Waals surface area contributed by atoms with Gasteiger partial charge in [0.15, 0.2) is 0 Å². The number of sulfonamides is 1. The Bertz CT molecular complexity index is 1210. The number of piperidine rings is 1. The van der Waals surface area contributed by atoms with Crippen LogP contribution in [0.15, 0.2) is 44.3 Å². The van der Waals surface area contributed by atoms with Crippen LogP contribution in [0, 0.1) is 0 Å². The molecule has 32 heavy (non-hydrogen) atoms. The number of carbonyl (C=O) groups excluding carboxylic acids is 1. The van der Waals surface area contributed by atoms with Gasteiger partial charge in [-0.25, -0.2) is 8.42 Å². The Labute approximate surface area is 190 Å². The van der Waals surface area contributed by atoms with Crippen molar-refractivity contribution in [1.29, 1.82) is 0 Å². The molecule has 10 heteroatoms. The highest BCUT2D eigenvalue weighted by molar-refractivity contribution is 7.89. The zero-order chi connectivity index (χ0) is 22.1. The van der Waals surface area contributed by atoms with E-state index < -0.39 is 10.0 Å². The molecule has 8 nitrogen and oxygen atoms in total. The molecule has 168 valence electrons. The normalized spacial score (nSPS) is 16.9. The number of nitrogens with zero attached hydrogens (tertiary/aromatic N) is 4. The summed E-state index contributed by atoms with van der Waals surface area (Å²) in [6.45, 7) is 1.70. The molecule has 0 bridgehead atoms. The highest BCUT2D eigenvalue weighted by atomic mass is 32.2. The third kappa shape index (κ3) is 4.10. The number of rotatable bonds is 6. The molecule has 1 fully saturated rings. The molecule has 1 amide bonds. The third-order valence-corrected chi connectivity index (χ3v) is 8.57. The quantitative estimate of drug-likeness (QED) is 0.545. The van der Waals surface area contributed by atoms with Crippen LogP contribution in [0.1, 0.15) is 37.1 Å². The standard InChI is InChI=1S/C22H24N4O4S2/c27-21(7-6-20-23-24-22(30-20)17-9-13-31-15-17)26-12-8-16-14-18(4-5-19(16)26)32(28,29)25-10-2-1-3-11-25/h4-5,9,13-15H,1-3,6-8,10-12H2. The summed E-state index contributed by atoms with van der Waals surface area (Å²) in [5.74, 6) is 0.857. The average Bonchev–Trinajstić information content (AvgIpc) is 3.58. The maximum absolute atomic E-state index is 13.0. The molecule has 0 N–H and O–H groups in total. The Morgan fingerprint density at radius 1 is 1.09 bits per heavy atom. The predicted octanol–water partition coefficient (Wildman–Crippen LogP) is 3.49. The number of amides is 1. The van der Waals surface area contributed by atoms with Crippen molar-refractivity contribution in [3.05, 3.63) is 46.5 Å². The zero-order valence-electron chi connectivity index (χ0n) is 17.6. The first-order valence-corrected chi connectivity index (χ1v) is 13.2. The van der Waals surface area contributed by atoms with Crippen LogP contribution in [-0.4, -0.2) is 48.5 Å². The molecule has 0 unspecified atom stereocenters. The van der Waals surface area contributed by atoms with E-state index in [2.05, 4.69) is 10.2 Å². The fourth-order valence-corrected chi connectivity index (χ4v) is 6.46. The molecule has 0 atom stereocenters. The molecule has 3 aromatic rings. The minimum absolute atomic E-state index is 0.0364. The molecule has 1 aromatic carbocycles. The van der Waals surface area contributed by atoms with E-state index in [-0.39, 0.29) is 12.3 Å². The molecule has 2 aliphatic rings. The highest BCUT2D eigenvalue weighted by Crippen LogP contribution is 2.32. The van der Waals surface area contributed by atoms with Crippen LogP contribution in [0.4, 0.5) is 5.69 Å². The number of aryl methyl sites for hydroxylation is 1. The van der Waals surface area contributed by atoms with E-state index in [0.29, 0.717) is 49.2 Å². The van der Waals surface area contributed by atoms with Gasteiger partial charge in [-0.1, -0.05) is 6.42 Å². The molecule has 0 spiro atoms. The summed E-state index contributed by atoms with van der Waals surface area (Å²) in [5.41, 5.74) is 2.56.